The van der Waals surface area contributed by atoms with Crippen LogP contribution in [-0.2, 0) is 0 Å². The Morgan fingerprint density at radius 3 is 2.37 bits per heavy atom. The molecule has 2 unspecified atom stereocenters. The van der Waals surface area contributed by atoms with Crippen molar-refractivity contribution in [2.24, 2.45) is 5.92 Å². The maximum Gasteiger partial charge on any atom is 0.0406 e. The number of benzene rings is 1. The highest BCUT2D eigenvalue weighted by Crippen LogP contribution is 2.38. The van der Waals surface area contributed by atoms with E-state index in [1.165, 1.54) is 31.2 Å². The third-order valence-corrected chi connectivity index (χ3v) is 4.35. The van der Waals surface area contributed by atoms with E-state index in [1.54, 1.807) is 0 Å². The minimum atomic E-state index is 0.210. The second-order valence-corrected chi connectivity index (χ2v) is 7.27. The lowest BCUT2D eigenvalue weighted by Crippen LogP contribution is -2.41. The molecule has 1 aliphatic carbocycles. The van der Waals surface area contributed by atoms with Gasteiger partial charge in [-0.15, -0.1) is 0 Å². The largest absolute Gasteiger partial charge is 0.312 e. The van der Waals surface area contributed by atoms with Gasteiger partial charge in [-0.3, -0.25) is 0 Å². The number of nitrogens with one attached hydrogen (secondary N) is 1. The average Bonchev–Trinajstić information content (AvgIpc) is 2.37. The molecule has 0 heterocycles. The third kappa shape index (κ3) is 4.50. The molecule has 1 aliphatic rings. The van der Waals surface area contributed by atoms with Gasteiger partial charge >= 0.3 is 0 Å². The van der Waals surface area contributed by atoms with E-state index >= 15 is 0 Å². The van der Waals surface area contributed by atoms with Crippen molar-refractivity contribution in [1.29, 1.82) is 0 Å². The number of hydrogen-bond acceptors (Lipinski definition) is 1. The lowest BCUT2D eigenvalue weighted by Gasteiger charge is -2.34. The van der Waals surface area contributed by atoms with E-state index in [9.17, 15) is 0 Å². The first-order valence-electron chi connectivity index (χ1n) is 7.46. The molecule has 1 saturated carbocycles. The maximum atomic E-state index is 6.00. The molecular weight excluding hydrogens is 254 g/mol. The van der Waals surface area contributed by atoms with E-state index in [1.807, 2.05) is 12.1 Å². The van der Waals surface area contributed by atoms with E-state index in [2.05, 4.69) is 38.2 Å². The molecular formula is C17H26ClN. The van der Waals surface area contributed by atoms with Gasteiger partial charge in [0.1, 0.15) is 0 Å². The second kappa shape index (κ2) is 6.28. The molecule has 0 bridgehead atoms. The number of rotatable bonds is 3. The van der Waals surface area contributed by atoms with E-state index in [0.29, 0.717) is 5.92 Å². The molecule has 2 heteroatoms. The quantitative estimate of drug-likeness (QED) is 0.821. The molecule has 19 heavy (non-hydrogen) atoms. The molecule has 0 saturated heterocycles. The van der Waals surface area contributed by atoms with Crippen molar-refractivity contribution in [1.82, 2.24) is 5.32 Å². The minimum Gasteiger partial charge on any atom is -0.312 e. The fourth-order valence-electron chi connectivity index (χ4n) is 3.04. The van der Waals surface area contributed by atoms with Crippen LogP contribution in [0, 0.1) is 5.92 Å². The van der Waals surface area contributed by atoms with Gasteiger partial charge in [0, 0.05) is 10.6 Å². The van der Waals surface area contributed by atoms with E-state index in [-0.39, 0.29) is 5.54 Å². The Balaban J connectivity index is 2.05. The first-order chi connectivity index (χ1) is 8.96. The predicted octanol–water partition coefficient (Wildman–Crippen LogP) is 5.00. The van der Waals surface area contributed by atoms with Crippen molar-refractivity contribution in [2.45, 2.75) is 57.9 Å². The summed E-state index contributed by atoms with van der Waals surface area (Å²) in [4.78, 5) is 0. The Labute approximate surface area is 122 Å². The van der Waals surface area contributed by atoms with E-state index in [0.717, 1.165) is 17.5 Å². The minimum absolute atomic E-state index is 0.210. The van der Waals surface area contributed by atoms with E-state index < -0.39 is 0 Å². The van der Waals surface area contributed by atoms with Crippen LogP contribution in [0.1, 0.15) is 57.9 Å². The molecule has 0 aromatic heterocycles. The van der Waals surface area contributed by atoms with Crippen molar-refractivity contribution in [3.63, 3.8) is 0 Å². The summed E-state index contributed by atoms with van der Waals surface area (Å²) < 4.78 is 0. The molecule has 0 spiro atoms. The summed E-state index contributed by atoms with van der Waals surface area (Å²) >= 11 is 6.00. The maximum absolute atomic E-state index is 6.00. The van der Waals surface area contributed by atoms with Gasteiger partial charge in [-0.2, -0.15) is 0 Å². The topological polar surface area (TPSA) is 12.0 Å². The zero-order valence-electron chi connectivity index (χ0n) is 12.4. The van der Waals surface area contributed by atoms with Gasteiger partial charge in [-0.25, -0.2) is 0 Å². The predicted molar refractivity (Wildman–Crippen MR) is 83.9 cm³/mol. The number of hydrogen-bond donors (Lipinski definition) is 1. The molecule has 1 N–H and O–H groups in total. The number of halogens is 1. The van der Waals surface area contributed by atoms with Crippen LogP contribution in [-0.4, -0.2) is 12.1 Å². The highest BCUT2D eigenvalue weighted by atomic mass is 35.5. The Morgan fingerprint density at radius 2 is 1.74 bits per heavy atom. The lowest BCUT2D eigenvalue weighted by atomic mass is 9.75. The van der Waals surface area contributed by atoms with Crippen LogP contribution in [0.2, 0.25) is 5.02 Å². The van der Waals surface area contributed by atoms with Gasteiger partial charge in [0.15, 0.2) is 0 Å². The molecule has 1 nitrogen and oxygen atoms in total. The summed E-state index contributed by atoms with van der Waals surface area (Å²) in [6.45, 7) is 7.85. The molecule has 0 radical (unpaired) electrons. The average molecular weight is 280 g/mol. The van der Waals surface area contributed by atoms with Gasteiger partial charge < -0.3 is 5.32 Å². The summed E-state index contributed by atoms with van der Waals surface area (Å²) in [6.07, 6.45) is 5.40. The Hall–Kier alpha value is -0.530. The molecule has 2 atom stereocenters. The smallest absolute Gasteiger partial charge is 0.0406 e. The van der Waals surface area contributed by atoms with Crippen LogP contribution in [0.4, 0.5) is 0 Å². The third-order valence-electron chi connectivity index (χ3n) is 4.10. The summed E-state index contributed by atoms with van der Waals surface area (Å²) in [6, 6.07) is 8.48. The molecule has 1 aromatic carbocycles. The fourth-order valence-corrected chi connectivity index (χ4v) is 3.16. The van der Waals surface area contributed by atoms with E-state index in [4.69, 9.17) is 11.6 Å². The second-order valence-electron chi connectivity index (χ2n) is 6.83. The highest BCUT2D eigenvalue weighted by Gasteiger charge is 2.27. The van der Waals surface area contributed by atoms with Crippen molar-refractivity contribution in [3.05, 3.63) is 34.9 Å². The zero-order chi connectivity index (χ0) is 13.9. The standard InChI is InChI=1S/C17H26ClN/c1-17(2,3)19-12-14-6-4-5-7-16(14)13-8-10-15(18)11-9-13/h8-11,14,16,19H,4-7,12H2,1-3H3. The molecule has 106 valence electrons. The molecule has 0 amide bonds. The monoisotopic (exact) mass is 279 g/mol. The molecule has 0 aliphatic heterocycles. The summed E-state index contributed by atoms with van der Waals surface area (Å²) in [7, 11) is 0. The SMILES string of the molecule is CC(C)(C)NCC1CCCCC1c1ccc(Cl)cc1. The first-order valence-corrected chi connectivity index (χ1v) is 7.84. The van der Waals surface area contributed by atoms with Crippen LogP contribution < -0.4 is 5.32 Å². The van der Waals surface area contributed by atoms with Crippen LogP contribution in [0.3, 0.4) is 0 Å². The first kappa shape index (κ1) is 14.9. The van der Waals surface area contributed by atoms with Crippen LogP contribution in [0.25, 0.3) is 0 Å². The van der Waals surface area contributed by atoms with Gasteiger partial charge in [0.25, 0.3) is 0 Å². The van der Waals surface area contributed by atoms with Gasteiger partial charge in [0.05, 0.1) is 0 Å². The Morgan fingerprint density at radius 1 is 1.11 bits per heavy atom. The zero-order valence-corrected chi connectivity index (χ0v) is 13.1. The normalized spacial score (nSPS) is 24.4. The van der Waals surface area contributed by atoms with Crippen LogP contribution >= 0.6 is 11.6 Å². The van der Waals surface area contributed by atoms with Gasteiger partial charge in [-0.1, -0.05) is 36.6 Å². The Kier molecular flexibility index (Phi) is 4.92. The molecule has 2 rings (SSSR count). The van der Waals surface area contributed by atoms with Crippen LogP contribution in [0.5, 0.6) is 0 Å². The summed E-state index contributed by atoms with van der Waals surface area (Å²) in [5.74, 6) is 1.45. The Bertz CT molecular complexity index is 391. The van der Waals surface area contributed by atoms with Gasteiger partial charge in [0.2, 0.25) is 0 Å². The van der Waals surface area contributed by atoms with Crippen molar-refractivity contribution < 1.29 is 0 Å². The van der Waals surface area contributed by atoms with Crippen molar-refractivity contribution >= 4 is 11.6 Å². The van der Waals surface area contributed by atoms with Gasteiger partial charge in [-0.05, 0) is 69.7 Å². The molecule has 1 fully saturated rings. The lowest BCUT2D eigenvalue weighted by molar-refractivity contribution is 0.269. The van der Waals surface area contributed by atoms with Crippen molar-refractivity contribution in [2.75, 3.05) is 6.54 Å². The highest BCUT2D eigenvalue weighted by molar-refractivity contribution is 6.30. The summed E-state index contributed by atoms with van der Waals surface area (Å²) in [5.41, 5.74) is 1.67. The molecule has 1 aromatic rings. The summed E-state index contributed by atoms with van der Waals surface area (Å²) in [5, 5.41) is 4.51. The fraction of sp³-hybridized carbons (Fsp3) is 0.647. The van der Waals surface area contributed by atoms with Crippen molar-refractivity contribution in [3.8, 4) is 0 Å². The van der Waals surface area contributed by atoms with Crippen LogP contribution in [0.15, 0.2) is 24.3 Å².